The van der Waals surface area contributed by atoms with E-state index in [2.05, 4.69) is 161 Å². The molecule has 58 heavy (non-hydrogen) atoms. The van der Waals surface area contributed by atoms with Crippen LogP contribution in [0.1, 0.15) is 22.8 Å². The number of ether oxygens (including phenoxy) is 2. The van der Waals surface area contributed by atoms with Gasteiger partial charge in [-0.15, -0.1) is 0 Å². The molecule has 0 radical (unpaired) electrons. The maximum absolute atomic E-state index is 6.30. The molecule has 0 spiro atoms. The van der Waals surface area contributed by atoms with Gasteiger partial charge in [0.15, 0.2) is 0 Å². The van der Waals surface area contributed by atoms with E-state index in [-0.39, 0.29) is 0 Å². The molecule has 0 aliphatic carbocycles. The van der Waals surface area contributed by atoms with Gasteiger partial charge in [0.1, 0.15) is 34.4 Å². The topological polar surface area (TPSA) is 75.8 Å². The number of nitrogens with one attached hydrogen (secondary N) is 2. The van der Waals surface area contributed by atoms with Crippen LogP contribution in [0.15, 0.2) is 133 Å². The first-order valence-corrected chi connectivity index (χ1v) is 19.4. The Morgan fingerprint density at radius 3 is 1.22 bits per heavy atom. The molecule has 5 heterocycles. The van der Waals surface area contributed by atoms with E-state index in [1.165, 1.54) is 11.4 Å². The van der Waals surface area contributed by atoms with Crippen LogP contribution < -0.4 is 18.4 Å². The van der Waals surface area contributed by atoms with Crippen molar-refractivity contribution >= 4 is 57.7 Å². The third-order valence-corrected chi connectivity index (χ3v) is 10.3. The molecule has 9 rings (SSSR count). The summed E-state index contributed by atoms with van der Waals surface area (Å²) in [4.78, 5) is 17.6. The van der Waals surface area contributed by atoms with Gasteiger partial charge in [0, 0.05) is 45.3 Å². The van der Waals surface area contributed by atoms with Gasteiger partial charge in [-0.05, 0) is 120 Å². The smallest absolute Gasteiger partial charge is 0.135 e. The summed E-state index contributed by atoms with van der Waals surface area (Å²) < 4.78 is 14.0. The van der Waals surface area contributed by atoms with Crippen molar-refractivity contribution in [3.05, 3.63) is 156 Å². The summed E-state index contributed by atoms with van der Waals surface area (Å²) in [5, 5.41) is 0. The lowest BCUT2D eigenvalue weighted by molar-refractivity contribution is 0.466. The van der Waals surface area contributed by atoms with E-state index >= 15 is 0 Å². The fourth-order valence-electron chi connectivity index (χ4n) is 7.26. The SMILES string of the molecule is C[N+](C)(C)c1cccc(Oc2ccc(-c3c4nc(cc5ccc([nH]5)c(-c5ccc(Oc6cccc([N+](C)(C)C)c6)cc5)c5nc(cc6ccc3[nH]6)C=C5)C=C4)cc2)c1. The lowest BCUT2D eigenvalue weighted by Gasteiger charge is -2.23. The fraction of sp³-hybridized carbons (Fsp3) is 0.120. The first-order valence-electron chi connectivity index (χ1n) is 19.4. The Bertz CT molecular complexity index is 2700. The first-order chi connectivity index (χ1) is 27.9. The Morgan fingerprint density at radius 1 is 0.414 bits per heavy atom. The molecule has 8 heteroatoms. The number of H-pyrrole nitrogens is 2. The van der Waals surface area contributed by atoms with Crippen LogP contribution in [0.5, 0.6) is 23.0 Å². The molecule has 7 aromatic rings. The fourth-order valence-corrected chi connectivity index (χ4v) is 7.26. The van der Waals surface area contributed by atoms with Crippen molar-refractivity contribution in [3.8, 4) is 45.3 Å². The van der Waals surface area contributed by atoms with Crippen LogP contribution in [0.4, 0.5) is 11.4 Å². The second-order valence-electron chi connectivity index (χ2n) is 16.5. The molecule has 0 saturated carbocycles. The quantitative estimate of drug-likeness (QED) is 0.151. The van der Waals surface area contributed by atoms with Gasteiger partial charge in [0.2, 0.25) is 0 Å². The molecule has 0 unspecified atom stereocenters. The Labute approximate surface area is 338 Å². The highest BCUT2D eigenvalue weighted by Gasteiger charge is 2.17. The lowest BCUT2D eigenvalue weighted by Crippen LogP contribution is -2.34. The van der Waals surface area contributed by atoms with Gasteiger partial charge in [0.05, 0.1) is 65.1 Å². The summed E-state index contributed by atoms with van der Waals surface area (Å²) in [7, 11) is 12.9. The molecular weight excluding hydrogens is 717 g/mol. The molecule has 286 valence electrons. The monoisotopic (exact) mass is 762 g/mol. The highest BCUT2D eigenvalue weighted by Crippen LogP contribution is 2.36. The molecule has 0 amide bonds. The number of quaternary nitrogens is 2. The maximum Gasteiger partial charge on any atom is 0.135 e. The summed E-state index contributed by atoms with van der Waals surface area (Å²) in [6.07, 6.45) is 8.29. The summed E-state index contributed by atoms with van der Waals surface area (Å²) in [5.74, 6) is 3.15. The molecule has 3 aromatic heterocycles. The zero-order chi connectivity index (χ0) is 40.0. The minimum Gasteiger partial charge on any atom is -0.457 e. The molecule has 0 saturated heterocycles. The number of hydrogen-bond donors (Lipinski definition) is 2. The van der Waals surface area contributed by atoms with Crippen LogP contribution in [0.25, 0.3) is 68.6 Å². The average Bonchev–Trinajstić information content (AvgIpc) is 4.03. The second-order valence-corrected chi connectivity index (χ2v) is 16.5. The number of rotatable bonds is 8. The van der Waals surface area contributed by atoms with Crippen molar-refractivity contribution in [3.63, 3.8) is 0 Å². The van der Waals surface area contributed by atoms with Crippen LogP contribution in [0.3, 0.4) is 0 Å². The van der Waals surface area contributed by atoms with Crippen LogP contribution in [-0.4, -0.2) is 62.2 Å². The normalized spacial score (nSPS) is 12.5. The highest BCUT2D eigenvalue weighted by molar-refractivity contribution is 5.93. The molecule has 2 N–H and O–H groups in total. The molecule has 0 fully saturated rings. The number of fused-ring (bicyclic) bond motifs is 8. The third kappa shape index (κ3) is 7.71. The van der Waals surface area contributed by atoms with Gasteiger partial charge >= 0.3 is 0 Å². The number of aromatic amines is 2. The van der Waals surface area contributed by atoms with Gasteiger partial charge < -0.3 is 19.4 Å². The Balaban J connectivity index is 1.10. The number of nitrogens with zero attached hydrogens (tertiary/aromatic N) is 4. The lowest BCUT2D eigenvalue weighted by atomic mass is 10.0. The molecule has 2 aliphatic rings. The standard InChI is InChI=1S/C50H46N6O2/c1-55(2,3)39-9-7-11-43(31-39)57-41-21-13-33(14-22-41)49-45-25-17-35(51-45)29-37-19-27-47(53-37)50(48-28-20-38(54-48)30-36-18-26-46(49)52-36)34-15-23-42(24-16-34)58-44-12-8-10-40(32-44)56(4,5)6/h7-32,51,54H,1-6H3/q+2. The van der Waals surface area contributed by atoms with Crippen molar-refractivity contribution in [2.75, 3.05) is 42.3 Å². The molecule has 2 aliphatic heterocycles. The predicted octanol–water partition coefficient (Wildman–Crippen LogP) is 12.0. The number of benzene rings is 4. The van der Waals surface area contributed by atoms with Gasteiger partial charge in [-0.25, -0.2) is 9.97 Å². The van der Waals surface area contributed by atoms with E-state index in [9.17, 15) is 0 Å². The Kier molecular flexibility index (Phi) is 9.15. The number of hydrogen-bond acceptors (Lipinski definition) is 4. The van der Waals surface area contributed by atoms with Crippen LogP contribution in [0.2, 0.25) is 0 Å². The van der Waals surface area contributed by atoms with E-state index < -0.39 is 0 Å². The summed E-state index contributed by atoms with van der Waals surface area (Å²) >= 11 is 0. The van der Waals surface area contributed by atoms with Gasteiger partial charge in [-0.1, -0.05) is 36.4 Å². The van der Waals surface area contributed by atoms with Gasteiger partial charge in [-0.2, -0.15) is 0 Å². The van der Waals surface area contributed by atoms with Crippen molar-refractivity contribution in [1.29, 1.82) is 0 Å². The zero-order valence-electron chi connectivity index (χ0n) is 33.6. The summed E-state index contributed by atoms with van der Waals surface area (Å²) in [6, 6.07) is 45.5. The first kappa shape index (κ1) is 36.6. The highest BCUT2D eigenvalue weighted by atomic mass is 16.5. The minimum absolute atomic E-state index is 0.711. The van der Waals surface area contributed by atoms with Crippen LogP contribution in [0, 0.1) is 0 Å². The summed E-state index contributed by atoms with van der Waals surface area (Å²) in [5.41, 5.74) is 13.6. The molecular formula is C50H46N6O2+2. The maximum atomic E-state index is 6.30. The van der Waals surface area contributed by atoms with Crippen molar-refractivity contribution in [2.45, 2.75) is 0 Å². The third-order valence-electron chi connectivity index (χ3n) is 10.3. The van der Waals surface area contributed by atoms with E-state index in [1.54, 1.807) is 0 Å². The molecule has 8 bridgehead atoms. The van der Waals surface area contributed by atoms with Gasteiger partial charge in [0.25, 0.3) is 0 Å². The molecule has 8 nitrogen and oxygen atoms in total. The zero-order valence-corrected chi connectivity index (χ0v) is 33.6. The second kappa shape index (κ2) is 14.5. The minimum atomic E-state index is 0.711. The van der Waals surface area contributed by atoms with E-state index in [4.69, 9.17) is 19.4 Å². The van der Waals surface area contributed by atoms with Crippen molar-refractivity contribution < 1.29 is 9.47 Å². The van der Waals surface area contributed by atoms with E-state index in [0.717, 1.165) is 90.1 Å². The predicted molar refractivity (Wildman–Crippen MR) is 242 cm³/mol. The average molecular weight is 763 g/mol. The Morgan fingerprint density at radius 2 is 0.828 bits per heavy atom. The summed E-state index contributed by atoms with van der Waals surface area (Å²) in [6.45, 7) is 0. The van der Waals surface area contributed by atoms with Crippen molar-refractivity contribution in [2.24, 2.45) is 0 Å². The van der Waals surface area contributed by atoms with Gasteiger partial charge in [-0.3, -0.25) is 8.97 Å². The van der Waals surface area contributed by atoms with Crippen LogP contribution >= 0.6 is 0 Å². The number of aromatic nitrogens is 4. The van der Waals surface area contributed by atoms with E-state index in [1.807, 2.05) is 48.5 Å². The van der Waals surface area contributed by atoms with Crippen molar-refractivity contribution in [1.82, 2.24) is 28.9 Å². The largest absolute Gasteiger partial charge is 0.457 e. The molecule has 4 aromatic carbocycles. The Hall–Kier alpha value is -7.00. The van der Waals surface area contributed by atoms with Crippen LogP contribution in [-0.2, 0) is 0 Å². The molecule has 0 atom stereocenters. The van der Waals surface area contributed by atoms with E-state index in [0.29, 0.717) is 8.97 Å².